The number of nitrogens with one attached hydrogen (secondary N) is 1. The average Bonchev–Trinajstić information content (AvgIpc) is 2.60. The van der Waals surface area contributed by atoms with Crippen molar-refractivity contribution < 1.29 is 22.6 Å². The molecule has 7 nitrogen and oxygen atoms in total. The lowest BCUT2D eigenvalue weighted by molar-refractivity contribution is 0.242. The molecule has 26 heavy (non-hydrogen) atoms. The molecule has 140 valence electrons. The van der Waals surface area contributed by atoms with Crippen LogP contribution in [0.25, 0.3) is 0 Å². The van der Waals surface area contributed by atoms with Gasteiger partial charge in [-0.2, -0.15) is 18.4 Å². The van der Waals surface area contributed by atoms with Crippen molar-refractivity contribution in [2.45, 2.75) is 24.8 Å². The number of hydrogen-bond acceptors (Lipinski definition) is 6. The zero-order chi connectivity index (χ0) is 19.2. The van der Waals surface area contributed by atoms with Gasteiger partial charge < -0.3 is 14.2 Å². The Morgan fingerprint density at radius 1 is 1.04 bits per heavy atom. The molecule has 0 saturated heterocycles. The second kappa shape index (κ2) is 8.57. The van der Waals surface area contributed by atoms with Crippen LogP contribution in [0.3, 0.4) is 0 Å². The zero-order valence-corrected chi connectivity index (χ0v) is 15.9. The first-order valence-corrected chi connectivity index (χ1v) is 9.37. The number of rotatable bonds is 8. The lowest BCUT2D eigenvalue weighted by Gasteiger charge is -2.11. The predicted molar refractivity (Wildman–Crippen MR) is 99.7 cm³/mol. The van der Waals surface area contributed by atoms with Crippen molar-refractivity contribution in [2.75, 3.05) is 14.2 Å². The molecule has 0 amide bonds. The molecule has 0 aliphatic heterocycles. The number of hydrazone groups is 1. The van der Waals surface area contributed by atoms with Crippen molar-refractivity contribution in [3.05, 3.63) is 48.0 Å². The van der Waals surface area contributed by atoms with Crippen LogP contribution in [0.1, 0.15) is 19.4 Å². The molecule has 0 atom stereocenters. The minimum atomic E-state index is -3.92. The first kappa shape index (κ1) is 19.6. The van der Waals surface area contributed by atoms with Gasteiger partial charge in [-0.25, -0.2) is 0 Å². The summed E-state index contributed by atoms with van der Waals surface area (Å²) in [6.45, 7) is 3.85. The third-order valence-electron chi connectivity index (χ3n) is 3.28. The van der Waals surface area contributed by atoms with Gasteiger partial charge in [0.1, 0.15) is 22.1 Å². The van der Waals surface area contributed by atoms with E-state index in [1.54, 1.807) is 24.3 Å². The summed E-state index contributed by atoms with van der Waals surface area (Å²) in [6.07, 6.45) is 1.44. The summed E-state index contributed by atoms with van der Waals surface area (Å²) in [5.74, 6) is 1.27. The third-order valence-corrected chi connectivity index (χ3v) is 4.52. The van der Waals surface area contributed by atoms with Gasteiger partial charge in [0.05, 0.1) is 26.5 Å². The van der Waals surface area contributed by atoms with E-state index in [0.717, 1.165) is 0 Å². The van der Waals surface area contributed by atoms with Gasteiger partial charge in [-0.05, 0) is 43.7 Å². The predicted octanol–water partition coefficient (Wildman–Crippen LogP) is 2.80. The molecule has 2 aromatic carbocycles. The molecule has 0 aliphatic carbocycles. The summed E-state index contributed by atoms with van der Waals surface area (Å²) in [5.41, 5.74) is 0.698. The van der Waals surface area contributed by atoms with Crippen molar-refractivity contribution in [3.63, 3.8) is 0 Å². The van der Waals surface area contributed by atoms with Gasteiger partial charge in [0.15, 0.2) is 0 Å². The SMILES string of the molecule is COc1ccc(OC)c(S(=O)(=O)N/N=C/c2cccc(OC(C)C)c2)c1. The van der Waals surface area contributed by atoms with Crippen LogP contribution in [-0.4, -0.2) is 35.0 Å². The normalized spacial score (nSPS) is 11.6. The summed E-state index contributed by atoms with van der Waals surface area (Å²) in [7, 11) is -1.07. The monoisotopic (exact) mass is 378 g/mol. The highest BCUT2D eigenvalue weighted by Gasteiger charge is 2.19. The largest absolute Gasteiger partial charge is 0.497 e. The van der Waals surface area contributed by atoms with Crippen molar-refractivity contribution in [1.29, 1.82) is 0 Å². The van der Waals surface area contributed by atoms with E-state index in [1.807, 2.05) is 19.9 Å². The Balaban J connectivity index is 2.19. The molecule has 0 aliphatic rings. The number of sulfonamides is 1. The van der Waals surface area contributed by atoms with Crippen molar-refractivity contribution >= 4 is 16.2 Å². The van der Waals surface area contributed by atoms with Gasteiger partial charge in [-0.3, -0.25) is 0 Å². The highest BCUT2D eigenvalue weighted by Crippen LogP contribution is 2.27. The maximum atomic E-state index is 12.5. The molecule has 0 bridgehead atoms. The molecule has 2 rings (SSSR count). The van der Waals surface area contributed by atoms with E-state index in [-0.39, 0.29) is 16.7 Å². The second-order valence-corrected chi connectivity index (χ2v) is 7.24. The fraction of sp³-hybridized carbons (Fsp3) is 0.278. The number of methoxy groups -OCH3 is 2. The number of hydrogen-bond donors (Lipinski definition) is 1. The summed E-state index contributed by atoms with van der Waals surface area (Å²) in [4.78, 5) is 2.11. The fourth-order valence-corrected chi connectivity index (χ4v) is 3.13. The van der Waals surface area contributed by atoms with Crippen molar-refractivity contribution in [2.24, 2.45) is 5.10 Å². The summed E-state index contributed by atoms with van der Waals surface area (Å²) in [5, 5.41) is 3.83. The molecular formula is C18H22N2O5S. The Morgan fingerprint density at radius 3 is 2.46 bits per heavy atom. The highest BCUT2D eigenvalue weighted by atomic mass is 32.2. The van der Waals surface area contributed by atoms with Gasteiger partial charge in [0.2, 0.25) is 0 Å². The number of nitrogens with zero attached hydrogens (tertiary/aromatic N) is 1. The number of ether oxygens (including phenoxy) is 3. The van der Waals surface area contributed by atoms with E-state index in [1.165, 1.54) is 32.6 Å². The lowest BCUT2D eigenvalue weighted by Crippen LogP contribution is -2.19. The van der Waals surface area contributed by atoms with Crippen LogP contribution in [0.5, 0.6) is 17.2 Å². The van der Waals surface area contributed by atoms with Crippen LogP contribution in [0.4, 0.5) is 0 Å². The smallest absolute Gasteiger partial charge is 0.280 e. The number of benzene rings is 2. The van der Waals surface area contributed by atoms with Gasteiger partial charge in [0, 0.05) is 6.07 Å². The van der Waals surface area contributed by atoms with E-state index < -0.39 is 10.0 Å². The summed E-state index contributed by atoms with van der Waals surface area (Å²) in [6, 6.07) is 11.7. The first-order chi connectivity index (χ1) is 12.4. The van der Waals surface area contributed by atoms with E-state index in [9.17, 15) is 8.42 Å². The van der Waals surface area contributed by atoms with Gasteiger partial charge in [-0.1, -0.05) is 12.1 Å². The van der Waals surface area contributed by atoms with E-state index in [2.05, 4.69) is 9.93 Å². The lowest BCUT2D eigenvalue weighted by atomic mass is 10.2. The fourth-order valence-electron chi connectivity index (χ4n) is 2.15. The molecule has 0 radical (unpaired) electrons. The molecule has 8 heteroatoms. The Labute approximate surface area is 153 Å². The molecule has 0 saturated carbocycles. The topological polar surface area (TPSA) is 86.2 Å². The second-order valence-electron chi connectivity index (χ2n) is 5.61. The molecule has 0 spiro atoms. The van der Waals surface area contributed by atoms with Crippen LogP contribution in [0, 0.1) is 0 Å². The van der Waals surface area contributed by atoms with Gasteiger partial charge >= 0.3 is 0 Å². The Bertz CT molecular complexity index is 879. The molecule has 0 heterocycles. The minimum absolute atomic E-state index is 0.0428. The van der Waals surface area contributed by atoms with Crippen LogP contribution >= 0.6 is 0 Å². The molecule has 0 unspecified atom stereocenters. The Hall–Kier alpha value is -2.74. The molecule has 1 N–H and O–H groups in total. The molecule has 0 fully saturated rings. The molecular weight excluding hydrogens is 356 g/mol. The van der Waals surface area contributed by atoms with Crippen LogP contribution < -0.4 is 19.0 Å². The molecule has 2 aromatic rings. The third kappa shape index (κ3) is 5.13. The van der Waals surface area contributed by atoms with Gasteiger partial charge in [0.25, 0.3) is 10.0 Å². The highest BCUT2D eigenvalue weighted by molar-refractivity contribution is 7.89. The van der Waals surface area contributed by atoms with E-state index in [4.69, 9.17) is 14.2 Å². The van der Waals surface area contributed by atoms with Gasteiger partial charge in [-0.15, -0.1) is 0 Å². The zero-order valence-electron chi connectivity index (χ0n) is 15.1. The maximum absolute atomic E-state index is 12.5. The standard InChI is InChI=1S/C18H22N2O5S/c1-13(2)25-16-7-5-6-14(10-16)12-19-20-26(21,22)18-11-15(23-3)8-9-17(18)24-4/h5-13,20H,1-4H3/b19-12+. The van der Waals surface area contributed by atoms with E-state index >= 15 is 0 Å². The Kier molecular flexibility index (Phi) is 6.46. The first-order valence-electron chi connectivity index (χ1n) is 7.89. The quantitative estimate of drug-likeness (QED) is 0.564. The maximum Gasteiger partial charge on any atom is 0.280 e. The van der Waals surface area contributed by atoms with Crippen molar-refractivity contribution in [1.82, 2.24) is 4.83 Å². The summed E-state index contributed by atoms with van der Waals surface area (Å²) < 4.78 is 40.8. The molecule has 0 aromatic heterocycles. The van der Waals surface area contributed by atoms with Crippen LogP contribution in [-0.2, 0) is 10.0 Å². The minimum Gasteiger partial charge on any atom is -0.497 e. The van der Waals surface area contributed by atoms with Crippen LogP contribution in [0.2, 0.25) is 0 Å². The van der Waals surface area contributed by atoms with Crippen molar-refractivity contribution in [3.8, 4) is 17.2 Å². The Morgan fingerprint density at radius 2 is 1.81 bits per heavy atom. The average molecular weight is 378 g/mol. The summed E-state index contributed by atoms with van der Waals surface area (Å²) >= 11 is 0. The van der Waals surface area contributed by atoms with Crippen LogP contribution in [0.15, 0.2) is 52.5 Å². The van der Waals surface area contributed by atoms with E-state index in [0.29, 0.717) is 17.1 Å².